The highest BCUT2D eigenvalue weighted by Crippen LogP contribution is 2.35. The van der Waals surface area contributed by atoms with E-state index >= 15 is 0 Å². The Morgan fingerprint density at radius 1 is 0.917 bits per heavy atom. The number of halogens is 4. The molecule has 9 nitrogen and oxygen atoms in total. The van der Waals surface area contributed by atoms with E-state index in [-0.39, 0.29) is 54.8 Å². The number of rotatable bonds is 10. The van der Waals surface area contributed by atoms with E-state index in [1.54, 1.807) is 74.0 Å². The molecule has 0 radical (unpaired) electrons. The number of fused-ring (bicyclic) bond motifs is 1. The van der Waals surface area contributed by atoms with Crippen molar-refractivity contribution in [3.8, 4) is 5.75 Å². The first-order valence-electron chi connectivity index (χ1n) is 14.2. The summed E-state index contributed by atoms with van der Waals surface area (Å²) in [5, 5.41) is 6.99. The zero-order valence-electron chi connectivity index (χ0n) is 25.8. The average molecular weight is 727 g/mol. The molecule has 5 aromatic rings. The maximum absolute atomic E-state index is 13.0. The number of carbonyl (C=O) groups is 3. The first kappa shape index (κ1) is 37.8. The lowest BCUT2D eigenvalue weighted by Crippen LogP contribution is -2.37. The molecular formula is C35H31Cl4N5O4. The molecule has 0 saturated carbocycles. The molecule has 0 spiro atoms. The highest BCUT2D eigenvalue weighted by atomic mass is 35.5. The van der Waals surface area contributed by atoms with Crippen LogP contribution in [0, 0.1) is 6.92 Å². The summed E-state index contributed by atoms with van der Waals surface area (Å²) < 4.78 is 6.08. The van der Waals surface area contributed by atoms with Crippen LogP contribution in [0.2, 0.25) is 10.0 Å². The number of pyridine rings is 2. The predicted octanol–water partition coefficient (Wildman–Crippen LogP) is 7.71. The SMILES string of the molecule is Cc1ccc2cccc(OCc3c(Cl)ccc(N(C)C(=O)CNC(=O)/C=C/c4ccc(NC(=O)c5ccncc5)cc4)c3Cl)c2n1.Cl.Cl. The van der Waals surface area contributed by atoms with Gasteiger partial charge in [0, 0.05) is 58.4 Å². The third kappa shape index (κ3) is 9.45. The van der Waals surface area contributed by atoms with Gasteiger partial charge in [-0.05, 0) is 67.1 Å². The second-order valence-electron chi connectivity index (χ2n) is 10.2. The molecule has 3 aromatic carbocycles. The van der Waals surface area contributed by atoms with Crippen molar-refractivity contribution in [1.29, 1.82) is 0 Å². The van der Waals surface area contributed by atoms with E-state index in [2.05, 4.69) is 20.6 Å². The third-order valence-electron chi connectivity index (χ3n) is 7.05. The Morgan fingerprint density at radius 3 is 2.38 bits per heavy atom. The molecule has 0 saturated heterocycles. The first-order valence-corrected chi connectivity index (χ1v) is 14.9. The maximum atomic E-state index is 13.0. The van der Waals surface area contributed by atoms with E-state index in [0.717, 1.165) is 22.2 Å². The number of hydrogen-bond acceptors (Lipinski definition) is 6. The molecule has 0 aliphatic rings. The number of nitrogens with one attached hydrogen (secondary N) is 2. The summed E-state index contributed by atoms with van der Waals surface area (Å²) in [6, 6.07) is 23.1. The Hall–Kier alpha value is -4.67. The van der Waals surface area contributed by atoms with E-state index in [1.165, 1.54) is 11.0 Å². The van der Waals surface area contributed by atoms with Gasteiger partial charge in [0.1, 0.15) is 17.9 Å². The minimum atomic E-state index is -0.452. The van der Waals surface area contributed by atoms with Gasteiger partial charge < -0.3 is 20.3 Å². The second kappa shape index (κ2) is 17.5. The summed E-state index contributed by atoms with van der Waals surface area (Å²) in [6.45, 7) is 1.71. The Kier molecular flexibility index (Phi) is 13.8. The van der Waals surface area contributed by atoms with Crippen molar-refractivity contribution in [3.63, 3.8) is 0 Å². The molecule has 2 N–H and O–H groups in total. The van der Waals surface area contributed by atoms with Crippen molar-refractivity contribution in [2.45, 2.75) is 13.5 Å². The average Bonchev–Trinajstić information content (AvgIpc) is 3.07. The molecule has 0 aliphatic heterocycles. The Morgan fingerprint density at radius 2 is 1.65 bits per heavy atom. The van der Waals surface area contributed by atoms with Crippen molar-refractivity contribution in [2.75, 3.05) is 23.8 Å². The van der Waals surface area contributed by atoms with Crippen LogP contribution in [0.4, 0.5) is 11.4 Å². The molecule has 2 heterocycles. The summed E-state index contributed by atoms with van der Waals surface area (Å²) in [7, 11) is 1.57. The number of ether oxygens (including phenoxy) is 1. The number of likely N-dealkylation sites (N-methyl/N-ethyl adjacent to an activating group) is 1. The third-order valence-corrected chi connectivity index (χ3v) is 7.82. The van der Waals surface area contributed by atoms with E-state index < -0.39 is 5.91 Å². The van der Waals surface area contributed by atoms with Crippen LogP contribution in [0.25, 0.3) is 17.0 Å². The monoisotopic (exact) mass is 725 g/mol. The molecule has 248 valence electrons. The lowest BCUT2D eigenvalue weighted by molar-refractivity contribution is -0.122. The molecule has 13 heteroatoms. The molecule has 2 aromatic heterocycles. The number of para-hydroxylation sites is 1. The lowest BCUT2D eigenvalue weighted by atomic mass is 10.1. The van der Waals surface area contributed by atoms with Crippen molar-refractivity contribution in [1.82, 2.24) is 15.3 Å². The van der Waals surface area contributed by atoms with E-state index in [0.29, 0.717) is 33.3 Å². The molecule has 48 heavy (non-hydrogen) atoms. The lowest BCUT2D eigenvalue weighted by Gasteiger charge is -2.21. The molecule has 3 amide bonds. The van der Waals surface area contributed by atoms with Crippen LogP contribution >= 0.6 is 48.0 Å². The zero-order chi connectivity index (χ0) is 32.6. The largest absolute Gasteiger partial charge is 0.487 e. The highest BCUT2D eigenvalue weighted by molar-refractivity contribution is 6.38. The van der Waals surface area contributed by atoms with Crippen molar-refractivity contribution >= 4 is 94.1 Å². The zero-order valence-corrected chi connectivity index (χ0v) is 28.9. The molecule has 0 fully saturated rings. The quantitative estimate of drug-likeness (QED) is 0.143. The van der Waals surface area contributed by atoms with Gasteiger partial charge in [0.05, 0.1) is 17.3 Å². The van der Waals surface area contributed by atoms with Gasteiger partial charge in [0.25, 0.3) is 5.91 Å². The number of anilines is 2. The number of carbonyl (C=O) groups excluding carboxylic acids is 3. The highest BCUT2D eigenvalue weighted by Gasteiger charge is 2.19. The van der Waals surface area contributed by atoms with Crippen LogP contribution in [-0.4, -0.2) is 41.3 Å². The van der Waals surface area contributed by atoms with Gasteiger partial charge in [0.15, 0.2) is 0 Å². The maximum Gasteiger partial charge on any atom is 0.255 e. The minimum Gasteiger partial charge on any atom is -0.487 e. The summed E-state index contributed by atoms with van der Waals surface area (Å²) in [5.41, 5.74) is 4.36. The first-order chi connectivity index (χ1) is 22.2. The van der Waals surface area contributed by atoms with Crippen molar-refractivity contribution < 1.29 is 19.1 Å². The van der Waals surface area contributed by atoms with Crippen LogP contribution in [0.5, 0.6) is 5.75 Å². The topological polar surface area (TPSA) is 114 Å². The molecular weight excluding hydrogens is 696 g/mol. The van der Waals surface area contributed by atoms with Gasteiger partial charge in [-0.2, -0.15) is 0 Å². The summed E-state index contributed by atoms with van der Waals surface area (Å²) >= 11 is 13.2. The second-order valence-corrected chi connectivity index (χ2v) is 11.0. The van der Waals surface area contributed by atoms with Gasteiger partial charge in [-0.3, -0.25) is 19.4 Å². The molecule has 0 aliphatic carbocycles. The van der Waals surface area contributed by atoms with Gasteiger partial charge in [-0.25, -0.2) is 4.98 Å². The van der Waals surface area contributed by atoms with E-state index in [4.69, 9.17) is 27.9 Å². The van der Waals surface area contributed by atoms with Crippen LogP contribution in [-0.2, 0) is 16.2 Å². The molecule has 0 bridgehead atoms. The predicted molar refractivity (Wildman–Crippen MR) is 196 cm³/mol. The van der Waals surface area contributed by atoms with Gasteiger partial charge in [-0.15, -0.1) is 24.8 Å². The number of aryl methyl sites for hydroxylation is 1. The fraction of sp³-hybridized carbons (Fsp3) is 0.114. The van der Waals surface area contributed by atoms with Crippen molar-refractivity contribution in [2.24, 2.45) is 0 Å². The number of nitrogens with zero attached hydrogens (tertiary/aromatic N) is 3. The summed E-state index contributed by atoms with van der Waals surface area (Å²) in [5.74, 6) is -0.506. The van der Waals surface area contributed by atoms with Gasteiger partial charge in [0.2, 0.25) is 11.8 Å². The smallest absolute Gasteiger partial charge is 0.255 e. The van der Waals surface area contributed by atoms with Crippen LogP contribution in [0.15, 0.2) is 97.3 Å². The summed E-state index contributed by atoms with van der Waals surface area (Å²) in [4.78, 5) is 47.6. The van der Waals surface area contributed by atoms with E-state index in [9.17, 15) is 14.4 Å². The Balaban J connectivity index is 0.00000312. The Bertz CT molecular complexity index is 1940. The van der Waals surface area contributed by atoms with Crippen molar-refractivity contribution in [3.05, 3.63) is 130 Å². The normalized spacial score (nSPS) is 10.5. The molecule has 0 unspecified atom stereocenters. The van der Waals surface area contributed by atoms with Gasteiger partial charge >= 0.3 is 0 Å². The number of amides is 3. The van der Waals surface area contributed by atoms with Gasteiger partial charge in [-0.1, -0.05) is 53.5 Å². The minimum absolute atomic E-state index is 0. The van der Waals surface area contributed by atoms with E-state index in [1.807, 2.05) is 37.3 Å². The number of hydrogen-bond donors (Lipinski definition) is 2. The number of aromatic nitrogens is 2. The fourth-order valence-corrected chi connectivity index (χ4v) is 5.10. The molecule has 0 atom stereocenters. The Labute approximate surface area is 300 Å². The number of benzene rings is 3. The van der Waals surface area contributed by atoms with Crippen LogP contribution in [0.1, 0.15) is 27.2 Å². The standard InChI is InChI=1S/C35H29Cl2N5O4.2ClH/c1-22-6-10-24-4-3-5-30(34(24)40-22)46-21-27-28(36)13-14-29(33(27)37)42(2)32(44)20-39-31(43)15-9-23-7-11-26(12-8-23)41-35(45)25-16-18-38-19-17-25;;/h3-19H,20-21H2,1-2H3,(H,39,43)(H,41,45);2*1H/b15-9+;;. The van der Waals surface area contributed by atoms with Crippen LogP contribution in [0.3, 0.4) is 0 Å². The van der Waals surface area contributed by atoms with Crippen LogP contribution < -0.4 is 20.3 Å². The summed E-state index contributed by atoms with van der Waals surface area (Å²) in [6.07, 6.45) is 6.02. The fourth-order valence-electron chi connectivity index (χ4n) is 4.49. The molecule has 5 rings (SSSR count).